The molecule has 0 aromatic heterocycles. The molecule has 17 heavy (non-hydrogen) atoms. The summed E-state index contributed by atoms with van der Waals surface area (Å²) in [6, 6.07) is 2.20. The van der Waals surface area contributed by atoms with E-state index in [1.165, 1.54) is 51.6 Å². The molecule has 0 aromatic carbocycles. The maximum absolute atomic E-state index is 3.69. The van der Waals surface area contributed by atoms with E-state index in [0.29, 0.717) is 6.04 Å². The molecule has 1 N–H and O–H groups in total. The molecule has 0 amide bonds. The fourth-order valence-electron chi connectivity index (χ4n) is 3.21. The topological polar surface area (TPSA) is 15.3 Å². The normalized spacial score (nSPS) is 27.7. The Morgan fingerprint density at radius 3 is 2.41 bits per heavy atom. The van der Waals surface area contributed by atoms with Crippen LogP contribution in [0.2, 0.25) is 0 Å². The largest absolute Gasteiger partial charge is 0.313 e. The Morgan fingerprint density at radius 1 is 1.12 bits per heavy atom. The second-order valence-electron chi connectivity index (χ2n) is 6.47. The minimum Gasteiger partial charge on any atom is -0.313 e. The van der Waals surface area contributed by atoms with Crippen LogP contribution >= 0.6 is 0 Å². The lowest BCUT2D eigenvalue weighted by atomic mass is 10.0. The van der Waals surface area contributed by atoms with Crippen molar-refractivity contribution in [2.45, 2.75) is 77.4 Å². The van der Waals surface area contributed by atoms with Crippen LogP contribution in [0.25, 0.3) is 0 Å². The van der Waals surface area contributed by atoms with Gasteiger partial charge in [0.15, 0.2) is 0 Å². The Labute approximate surface area is 107 Å². The van der Waals surface area contributed by atoms with E-state index in [-0.39, 0.29) is 0 Å². The van der Waals surface area contributed by atoms with Gasteiger partial charge in [0.2, 0.25) is 0 Å². The Balaban J connectivity index is 1.81. The standard InChI is InChI=1S/C15H30N2/c1-12(2)17(13(3)10-14-7-8-14)11-15-6-4-5-9-16-15/h12-16H,4-11H2,1-3H3. The molecular formula is C15H30N2. The highest BCUT2D eigenvalue weighted by atomic mass is 15.2. The van der Waals surface area contributed by atoms with E-state index < -0.39 is 0 Å². The molecule has 2 nitrogen and oxygen atoms in total. The van der Waals surface area contributed by atoms with Gasteiger partial charge in [-0.1, -0.05) is 19.3 Å². The Kier molecular flexibility index (Phi) is 4.87. The molecular weight excluding hydrogens is 208 g/mol. The van der Waals surface area contributed by atoms with Crippen molar-refractivity contribution in [1.82, 2.24) is 10.2 Å². The van der Waals surface area contributed by atoms with Gasteiger partial charge in [-0.05, 0) is 52.5 Å². The number of rotatable bonds is 6. The third-order valence-corrected chi connectivity index (χ3v) is 4.44. The van der Waals surface area contributed by atoms with E-state index in [9.17, 15) is 0 Å². The summed E-state index contributed by atoms with van der Waals surface area (Å²) in [4.78, 5) is 2.72. The SMILES string of the molecule is CC(C)N(CC1CCCCN1)C(C)CC1CC1. The highest BCUT2D eigenvalue weighted by Gasteiger charge is 2.28. The summed E-state index contributed by atoms with van der Waals surface area (Å²) in [5.74, 6) is 1.05. The van der Waals surface area contributed by atoms with Crippen LogP contribution in [-0.2, 0) is 0 Å². The lowest BCUT2D eigenvalue weighted by Crippen LogP contribution is -2.49. The van der Waals surface area contributed by atoms with Crippen molar-refractivity contribution >= 4 is 0 Å². The zero-order chi connectivity index (χ0) is 12.3. The van der Waals surface area contributed by atoms with Gasteiger partial charge < -0.3 is 5.32 Å². The smallest absolute Gasteiger partial charge is 0.0195 e. The fourth-order valence-corrected chi connectivity index (χ4v) is 3.21. The van der Waals surface area contributed by atoms with Crippen molar-refractivity contribution in [3.05, 3.63) is 0 Å². The van der Waals surface area contributed by atoms with Crippen LogP contribution in [0.15, 0.2) is 0 Å². The summed E-state index contributed by atoms with van der Waals surface area (Å²) in [6.07, 6.45) is 8.55. The molecule has 2 heteroatoms. The van der Waals surface area contributed by atoms with Crippen LogP contribution in [0.4, 0.5) is 0 Å². The second-order valence-corrected chi connectivity index (χ2v) is 6.47. The maximum Gasteiger partial charge on any atom is 0.0195 e. The van der Waals surface area contributed by atoms with Gasteiger partial charge in [-0.2, -0.15) is 0 Å². The van der Waals surface area contributed by atoms with Gasteiger partial charge in [-0.25, -0.2) is 0 Å². The van der Waals surface area contributed by atoms with Gasteiger partial charge in [-0.15, -0.1) is 0 Å². The van der Waals surface area contributed by atoms with Crippen molar-refractivity contribution in [2.75, 3.05) is 13.1 Å². The molecule has 0 spiro atoms. The summed E-state index contributed by atoms with van der Waals surface area (Å²) >= 11 is 0. The molecule has 2 rings (SSSR count). The first-order valence-electron chi connectivity index (χ1n) is 7.66. The van der Waals surface area contributed by atoms with Crippen LogP contribution in [0.5, 0.6) is 0 Å². The Hall–Kier alpha value is -0.0800. The summed E-state index contributed by atoms with van der Waals surface area (Å²) in [5, 5.41) is 3.69. The van der Waals surface area contributed by atoms with Gasteiger partial charge in [0, 0.05) is 24.7 Å². The molecule has 1 saturated carbocycles. The summed E-state index contributed by atoms with van der Waals surface area (Å²) in [6.45, 7) is 9.62. The number of nitrogens with one attached hydrogen (secondary N) is 1. The van der Waals surface area contributed by atoms with Crippen molar-refractivity contribution < 1.29 is 0 Å². The lowest BCUT2D eigenvalue weighted by molar-refractivity contribution is 0.128. The Morgan fingerprint density at radius 2 is 1.88 bits per heavy atom. The fraction of sp³-hybridized carbons (Fsp3) is 1.00. The molecule has 1 heterocycles. The minimum atomic E-state index is 0.687. The van der Waals surface area contributed by atoms with Crippen LogP contribution < -0.4 is 5.32 Å². The first-order chi connectivity index (χ1) is 8.16. The van der Waals surface area contributed by atoms with Crippen molar-refractivity contribution in [3.8, 4) is 0 Å². The summed E-state index contributed by atoms with van der Waals surface area (Å²) in [7, 11) is 0. The molecule has 1 aliphatic heterocycles. The molecule has 0 bridgehead atoms. The van der Waals surface area contributed by atoms with Gasteiger partial charge in [0.25, 0.3) is 0 Å². The predicted octanol–water partition coefficient (Wildman–Crippen LogP) is 3.03. The summed E-state index contributed by atoms with van der Waals surface area (Å²) < 4.78 is 0. The number of hydrogen-bond donors (Lipinski definition) is 1. The predicted molar refractivity (Wildman–Crippen MR) is 74.3 cm³/mol. The van der Waals surface area contributed by atoms with E-state index in [1.54, 1.807) is 0 Å². The number of hydrogen-bond acceptors (Lipinski definition) is 2. The average molecular weight is 238 g/mol. The van der Waals surface area contributed by atoms with Crippen LogP contribution in [0.1, 0.15) is 59.3 Å². The average Bonchev–Trinajstić information content (AvgIpc) is 3.10. The van der Waals surface area contributed by atoms with E-state index in [1.807, 2.05) is 0 Å². The van der Waals surface area contributed by atoms with Gasteiger partial charge >= 0.3 is 0 Å². The molecule has 100 valence electrons. The summed E-state index contributed by atoms with van der Waals surface area (Å²) in [5.41, 5.74) is 0. The first kappa shape index (κ1) is 13.4. The van der Waals surface area contributed by atoms with Crippen LogP contribution in [0, 0.1) is 5.92 Å². The minimum absolute atomic E-state index is 0.687. The monoisotopic (exact) mass is 238 g/mol. The lowest BCUT2D eigenvalue weighted by Gasteiger charge is -2.37. The van der Waals surface area contributed by atoms with E-state index >= 15 is 0 Å². The van der Waals surface area contributed by atoms with Crippen molar-refractivity contribution in [2.24, 2.45) is 5.92 Å². The quantitative estimate of drug-likeness (QED) is 0.765. The molecule has 2 fully saturated rings. The van der Waals surface area contributed by atoms with Crippen LogP contribution in [0.3, 0.4) is 0 Å². The molecule has 0 aromatic rings. The van der Waals surface area contributed by atoms with Gasteiger partial charge in [-0.3, -0.25) is 4.90 Å². The highest BCUT2D eigenvalue weighted by molar-refractivity contribution is 4.84. The zero-order valence-corrected chi connectivity index (χ0v) is 11.9. The van der Waals surface area contributed by atoms with Gasteiger partial charge in [0.05, 0.1) is 0 Å². The number of nitrogens with zero attached hydrogens (tertiary/aromatic N) is 1. The van der Waals surface area contributed by atoms with E-state index in [2.05, 4.69) is 31.0 Å². The van der Waals surface area contributed by atoms with Crippen LogP contribution in [-0.4, -0.2) is 36.1 Å². The highest BCUT2D eigenvalue weighted by Crippen LogP contribution is 2.35. The molecule has 1 saturated heterocycles. The van der Waals surface area contributed by atoms with Gasteiger partial charge in [0.1, 0.15) is 0 Å². The van der Waals surface area contributed by atoms with E-state index in [4.69, 9.17) is 0 Å². The molecule has 2 unspecified atom stereocenters. The molecule has 0 radical (unpaired) electrons. The third-order valence-electron chi connectivity index (χ3n) is 4.44. The molecule has 2 aliphatic rings. The maximum atomic E-state index is 3.69. The second kappa shape index (κ2) is 6.19. The number of piperidine rings is 1. The van der Waals surface area contributed by atoms with Crippen molar-refractivity contribution in [1.29, 1.82) is 0 Å². The zero-order valence-electron chi connectivity index (χ0n) is 11.9. The molecule has 2 atom stereocenters. The first-order valence-corrected chi connectivity index (χ1v) is 7.66. The Bertz CT molecular complexity index is 217. The molecule has 1 aliphatic carbocycles. The van der Waals surface area contributed by atoms with E-state index in [0.717, 1.165) is 18.0 Å². The third kappa shape index (κ3) is 4.26. The van der Waals surface area contributed by atoms with Crippen molar-refractivity contribution in [3.63, 3.8) is 0 Å².